The first-order chi connectivity index (χ1) is 6.07. The second-order valence-electron chi connectivity index (χ2n) is 2.54. The summed E-state index contributed by atoms with van der Waals surface area (Å²) in [6.45, 7) is 4.20. The van der Waals surface area contributed by atoms with Crippen molar-refractivity contribution < 1.29 is 14.7 Å². The predicted molar refractivity (Wildman–Crippen MR) is 48.1 cm³/mol. The van der Waals surface area contributed by atoms with Gasteiger partial charge in [-0.25, -0.2) is 0 Å². The van der Waals surface area contributed by atoms with E-state index in [1.807, 2.05) is 0 Å². The fourth-order valence-corrected chi connectivity index (χ4v) is 0.682. The van der Waals surface area contributed by atoms with Crippen molar-refractivity contribution in [3.05, 3.63) is 12.2 Å². The summed E-state index contributed by atoms with van der Waals surface area (Å²) in [5, 5.41) is 10.8. The van der Waals surface area contributed by atoms with Crippen LogP contribution in [0.4, 0.5) is 0 Å². The molecule has 4 N–H and O–H groups in total. The molecule has 0 radical (unpaired) electrons. The highest BCUT2D eigenvalue weighted by molar-refractivity contribution is 5.93. The summed E-state index contributed by atoms with van der Waals surface area (Å²) in [4.78, 5) is 21.2. The van der Waals surface area contributed by atoms with E-state index < -0.39 is 5.97 Å². The van der Waals surface area contributed by atoms with E-state index in [1.165, 1.54) is 0 Å². The molecule has 1 amide bonds. The number of hydrogen-bond acceptors (Lipinski definition) is 3. The van der Waals surface area contributed by atoms with Crippen LogP contribution in [-0.4, -0.2) is 30.1 Å². The summed E-state index contributed by atoms with van der Waals surface area (Å²) in [5.41, 5.74) is 5.43. The minimum atomic E-state index is -0.937. The summed E-state index contributed by atoms with van der Waals surface area (Å²) in [5.74, 6) is -1.26. The molecule has 0 bridgehead atoms. The van der Waals surface area contributed by atoms with Gasteiger partial charge in [0, 0.05) is 25.1 Å². The third kappa shape index (κ3) is 5.86. The van der Waals surface area contributed by atoms with Gasteiger partial charge in [-0.2, -0.15) is 0 Å². The summed E-state index contributed by atoms with van der Waals surface area (Å²) in [6, 6.07) is 0. The van der Waals surface area contributed by atoms with Gasteiger partial charge in [-0.1, -0.05) is 6.58 Å². The molecule has 0 aliphatic rings. The summed E-state index contributed by atoms with van der Waals surface area (Å²) in [6.07, 6.45) is 0.0978. The summed E-state index contributed by atoms with van der Waals surface area (Å²) >= 11 is 0. The van der Waals surface area contributed by atoms with Gasteiger partial charge < -0.3 is 16.2 Å². The zero-order valence-corrected chi connectivity index (χ0v) is 7.38. The summed E-state index contributed by atoms with van der Waals surface area (Å²) < 4.78 is 0. The monoisotopic (exact) mass is 186 g/mol. The Bertz CT molecular complexity index is 213. The molecule has 0 aromatic heterocycles. The second kappa shape index (κ2) is 6.19. The molecule has 0 aliphatic carbocycles. The van der Waals surface area contributed by atoms with E-state index in [1.54, 1.807) is 0 Å². The number of aliphatic carboxylic acids is 1. The second-order valence-corrected chi connectivity index (χ2v) is 2.54. The van der Waals surface area contributed by atoms with Crippen molar-refractivity contribution in [3.63, 3.8) is 0 Å². The lowest BCUT2D eigenvalue weighted by atomic mass is 10.1. The molecule has 0 aliphatic heterocycles. The fraction of sp³-hybridized carbons (Fsp3) is 0.500. The first kappa shape index (κ1) is 11.6. The Morgan fingerprint density at radius 2 is 2.00 bits per heavy atom. The zero-order chi connectivity index (χ0) is 10.3. The van der Waals surface area contributed by atoms with Crippen LogP contribution in [0, 0.1) is 0 Å². The Labute approximate surface area is 76.6 Å². The van der Waals surface area contributed by atoms with Crippen molar-refractivity contribution in [2.45, 2.75) is 12.8 Å². The molecule has 0 heterocycles. The van der Waals surface area contributed by atoms with E-state index in [-0.39, 0.29) is 24.3 Å². The molecule has 0 spiro atoms. The zero-order valence-electron chi connectivity index (χ0n) is 7.38. The van der Waals surface area contributed by atoms with Gasteiger partial charge in [0.15, 0.2) is 0 Å². The fourth-order valence-electron chi connectivity index (χ4n) is 0.682. The van der Waals surface area contributed by atoms with Gasteiger partial charge in [-0.15, -0.1) is 0 Å². The van der Waals surface area contributed by atoms with Gasteiger partial charge in [0.25, 0.3) is 0 Å². The molecule has 5 nitrogen and oxygen atoms in total. The Morgan fingerprint density at radius 1 is 1.38 bits per heavy atom. The maximum atomic E-state index is 11.1. The van der Waals surface area contributed by atoms with Crippen LogP contribution in [0.25, 0.3) is 0 Å². The van der Waals surface area contributed by atoms with Crippen LogP contribution in [0.1, 0.15) is 12.8 Å². The minimum Gasteiger partial charge on any atom is -0.481 e. The lowest BCUT2D eigenvalue weighted by Crippen LogP contribution is -2.30. The molecule has 0 unspecified atom stereocenters. The van der Waals surface area contributed by atoms with E-state index in [0.717, 1.165) is 0 Å². The third-order valence-electron chi connectivity index (χ3n) is 1.39. The van der Waals surface area contributed by atoms with Gasteiger partial charge in [0.2, 0.25) is 5.91 Å². The van der Waals surface area contributed by atoms with Crippen molar-refractivity contribution in [2.24, 2.45) is 5.73 Å². The van der Waals surface area contributed by atoms with Crippen LogP contribution in [0.2, 0.25) is 0 Å². The Morgan fingerprint density at radius 3 is 2.46 bits per heavy atom. The molecule has 0 aromatic rings. The number of carbonyl (C=O) groups is 2. The number of amides is 1. The van der Waals surface area contributed by atoms with Gasteiger partial charge >= 0.3 is 5.97 Å². The number of rotatable bonds is 6. The molecule has 0 saturated heterocycles. The number of nitrogens with two attached hydrogens (primary N) is 1. The summed E-state index contributed by atoms with van der Waals surface area (Å²) in [7, 11) is 0. The molecule has 0 saturated carbocycles. The van der Waals surface area contributed by atoms with E-state index in [2.05, 4.69) is 11.9 Å². The highest BCUT2D eigenvalue weighted by atomic mass is 16.4. The van der Waals surface area contributed by atoms with Crippen molar-refractivity contribution in [3.8, 4) is 0 Å². The Hall–Kier alpha value is -1.36. The number of carbonyl (C=O) groups excluding carboxylic acids is 1. The molecular weight excluding hydrogens is 172 g/mol. The highest BCUT2D eigenvalue weighted by Gasteiger charge is 2.07. The van der Waals surface area contributed by atoms with Gasteiger partial charge in [-0.3, -0.25) is 9.59 Å². The minimum absolute atomic E-state index is 0.0745. The maximum Gasteiger partial charge on any atom is 0.303 e. The van der Waals surface area contributed by atoms with Crippen LogP contribution in [0.5, 0.6) is 0 Å². The van der Waals surface area contributed by atoms with Gasteiger partial charge in [0.1, 0.15) is 0 Å². The topological polar surface area (TPSA) is 92.4 Å². The quantitative estimate of drug-likeness (QED) is 0.487. The van der Waals surface area contributed by atoms with E-state index in [0.29, 0.717) is 13.1 Å². The normalized spacial score (nSPS) is 9.31. The van der Waals surface area contributed by atoms with Gasteiger partial charge in [0.05, 0.1) is 0 Å². The van der Waals surface area contributed by atoms with Crippen LogP contribution >= 0.6 is 0 Å². The molecule has 5 heteroatoms. The number of nitrogens with one attached hydrogen (secondary N) is 1. The van der Waals surface area contributed by atoms with Crippen LogP contribution in [-0.2, 0) is 9.59 Å². The lowest BCUT2D eigenvalue weighted by Gasteiger charge is -2.04. The molecule has 0 fully saturated rings. The van der Waals surface area contributed by atoms with Crippen molar-refractivity contribution >= 4 is 11.9 Å². The van der Waals surface area contributed by atoms with Crippen LogP contribution < -0.4 is 11.1 Å². The highest BCUT2D eigenvalue weighted by Crippen LogP contribution is 2.01. The molecule has 74 valence electrons. The van der Waals surface area contributed by atoms with Gasteiger partial charge in [-0.05, 0) is 6.42 Å². The Balaban J connectivity index is 3.70. The number of carboxylic acids is 1. The smallest absolute Gasteiger partial charge is 0.303 e. The number of hydrogen-bond donors (Lipinski definition) is 3. The molecule has 0 rings (SSSR count). The van der Waals surface area contributed by atoms with Crippen molar-refractivity contribution in [1.82, 2.24) is 5.32 Å². The number of carboxylic acid groups (broad SMARTS) is 1. The average molecular weight is 186 g/mol. The first-order valence-electron chi connectivity index (χ1n) is 3.95. The lowest BCUT2D eigenvalue weighted by molar-refractivity contribution is -0.136. The third-order valence-corrected chi connectivity index (χ3v) is 1.39. The van der Waals surface area contributed by atoms with E-state index in [4.69, 9.17) is 10.8 Å². The van der Waals surface area contributed by atoms with E-state index >= 15 is 0 Å². The molecule has 0 aromatic carbocycles. The molecule has 13 heavy (non-hydrogen) atoms. The first-order valence-corrected chi connectivity index (χ1v) is 3.95. The van der Waals surface area contributed by atoms with Crippen LogP contribution in [0.3, 0.4) is 0 Å². The SMILES string of the molecule is C=C(CCC(=O)O)C(=O)NCCN. The average Bonchev–Trinajstić information content (AvgIpc) is 2.10. The standard InChI is InChI=1S/C8H14N2O3/c1-6(2-3-7(11)12)8(13)10-5-4-9/h1-5,9H2,(H,10,13)(H,11,12). The maximum absolute atomic E-state index is 11.1. The van der Waals surface area contributed by atoms with Crippen LogP contribution in [0.15, 0.2) is 12.2 Å². The van der Waals surface area contributed by atoms with Crippen molar-refractivity contribution in [2.75, 3.05) is 13.1 Å². The Kier molecular flexibility index (Phi) is 5.54. The molecular formula is C8H14N2O3. The van der Waals surface area contributed by atoms with E-state index in [9.17, 15) is 9.59 Å². The largest absolute Gasteiger partial charge is 0.481 e. The predicted octanol–water partition coefficient (Wildman–Crippen LogP) is -0.518. The molecule has 0 atom stereocenters. The van der Waals surface area contributed by atoms with Crippen molar-refractivity contribution in [1.29, 1.82) is 0 Å².